The van der Waals surface area contributed by atoms with E-state index >= 15 is 0 Å². The van der Waals surface area contributed by atoms with E-state index < -0.39 is 0 Å². The number of anilines is 1. The summed E-state index contributed by atoms with van der Waals surface area (Å²) < 4.78 is 0. The molecule has 8 heteroatoms. The first-order chi connectivity index (χ1) is 12.7. The van der Waals surface area contributed by atoms with Gasteiger partial charge in [0.1, 0.15) is 0 Å². The van der Waals surface area contributed by atoms with Crippen molar-refractivity contribution in [3.63, 3.8) is 0 Å². The molecule has 3 aromatic heterocycles. The van der Waals surface area contributed by atoms with Crippen LogP contribution in [-0.4, -0.2) is 38.8 Å². The largest absolute Gasteiger partial charge is 0.368 e. The van der Waals surface area contributed by atoms with Crippen LogP contribution in [0.3, 0.4) is 0 Å². The van der Waals surface area contributed by atoms with Gasteiger partial charge in [-0.25, -0.2) is 9.97 Å². The van der Waals surface area contributed by atoms with Crippen molar-refractivity contribution in [2.75, 3.05) is 18.8 Å². The first kappa shape index (κ1) is 18.0. The van der Waals surface area contributed by atoms with Crippen molar-refractivity contribution in [1.82, 2.24) is 25.2 Å². The molecule has 134 valence electrons. The van der Waals surface area contributed by atoms with Crippen molar-refractivity contribution in [1.29, 1.82) is 0 Å². The molecule has 0 saturated carbocycles. The van der Waals surface area contributed by atoms with Crippen molar-refractivity contribution in [2.24, 2.45) is 0 Å². The minimum Gasteiger partial charge on any atom is -0.368 e. The first-order valence-corrected chi connectivity index (χ1v) is 9.09. The topological polar surface area (TPSA) is 97.0 Å². The maximum atomic E-state index is 12.1. The standard InChI is InChI=1S/C18H20N6OS/c19-18-22-10-14(11-23-18)12-24(13-15-4-1-2-6-20-15)8-7-21-17(25)16-5-3-9-26-16/h1-6,9-11H,7-8,12-13H2,(H,21,25)(H2,19,22,23). The third-order valence-electron chi connectivity index (χ3n) is 3.70. The third-order valence-corrected chi connectivity index (χ3v) is 4.57. The molecular weight excluding hydrogens is 348 g/mol. The van der Waals surface area contributed by atoms with E-state index in [4.69, 9.17) is 5.73 Å². The Balaban J connectivity index is 1.60. The van der Waals surface area contributed by atoms with Crippen LogP contribution in [0.15, 0.2) is 54.3 Å². The average Bonchev–Trinajstić information content (AvgIpc) is 3.19. The minimum atomic E-state index is -0.0476. The third kappa shape index (κ3) is 5.33. The lowest BCUT2D eigenvalue weighted by Crippen LogP contribution is -2.34. The molecule has 0 atom stereocenters. The summed E-state index contributed by atoms with van der Waals surface area (Å²) in [5, 5.41) is 4.85. The predicted octanol–water partition coefficient (Wildman–Crippen LogP) is 1.95. The second-order valence-corrected chi connectivity index (χ2v) is 6.66. The number of hydrogen-bond donors (Lipinski definition) is 2. The van der Waals surface area contributed by atoms with E-state index in [2.05, 4.69) is 25.2 Å². The SMILES string of the molecule is Nc1ncc(CN(CCNC(=O)c2cccs2)Cc2ccccn2)cn1. The molecule has 0 saturated heterocycles. The number of nitrogens with one attached hydrogen (secondary N) is 1. The lowest BCUT2D eigenvalue weighted by Gasteiger charge is -2.22. The summed E-state index contributed by atoms with van der Waals surface area (Å²) in [6.45, 7) is 2.53. The van der Waals surface area contributed by atoms with Gasteiger partial charge in [0.15, 0.2) is 0 Å². The Morgan fingerprint density at radius 1 is 1.12 bits per heavy atom. The molecule has 0 radical (unpaired) electrons. The molecule has 0 spiro atoms. The molecule has 7 nitrogen and oxygen atoms in total. The number of carbonyl (C=O) groups is 1. The fourth-order valence-corrected chi connectivity index (χ4v) is 3.10. The minimum absolute atomic E-state index is 0.0476. The Morgan fingerprint density at radius 3 is 2.65 bits per heavy atom. The van der Waals surface area contributed by atoms with Gasteiger partial charge in [0.25, 0.3) is 5.91 Å². The van der Waals surface area contributed by atoms with Crippen LogP contribution < -0.4 is 11.1 Å². The quantitative estimate of drug-likeness (QED) is 0.631. The Bertz CT molecular complexity index is 807. The maximum absolute atomic E-state index is 12.1. The Hall–Kier alpha value is -2.84. The molecule has 0 aromatic carbocycles. The van der Waals surface area contributed by atoms with E-state index in [-0.39, 0.29) is 11.9 Å². The smallest absolute Gasteiger partial charge is 0.261 e. The lowest BCUT2D eigenvalue weighted by atomic mass is 10.2. The van der Waals surface area contributed by atoms with Gasteiger partial charge in [-0.2, -0.15) is 0 Å². The summed E-state index contributed by atoms with van der Waals surface area (Å²) in [6, 6.07) is 9.52. The van der Waals surface area contributed by atoms with Gasteiger partial charge < -0.3 is 11.1 Å². The fourth-order valence-electron chi connectivity index (χ4n) is 2.46. The number of nitrogens with two attached hydrogens (primary N) is 1. The highest BCUT2D eigenvalue weighted by atomic mass is 32.1. The highest BCUT2D eigenvalue weighted by Crippen LogP contribution is 2.09. The van der Waals surface area contributed by atoms with Crippen LogP contribution in [0.2, 0.25) is 0 Å². The van der Waals surface area contributed by atoms with E-state index in [0.29, 0.717) is 31.1 Å². The van der Waals surface area contributed by atoms with Crippen molar-refractivity contribution < 1.29 is 4.79 Å². The number of hydrogen-bond acceptors (Lipinski definition) is 7. The van der Waals surface area contributed by atoms with Crippen molar-refractivity contribution in [3.8, 4) is 0 Å². The summed E-state index contributed by atoms with van der Waals surface area (Å²) >= 11 is 1.43. The van der Waals surface area contributed by atoms with Gasteiger partial charge in [0.05, 0.1) is 10.6 Å². The van der Waals surface area contributed by atoms with E-state index in [9.17, 15) is 4.79 Å². The molecule has 0 bridgehead atoms. The van der Waals surface area contributed by atoms with Gasteiger partial charge in [-0.3, -0.25) is 14.7 Å². The number of rotatable bonds is 8. The number of pyridine rings is 1. The number of nitrogen functional groups attached to an aromatic ring is 1. The van der Waals surface area contributed by atoms with Gasteiger partial charge in [-0.05, 0) is 23.6 Å². The number of aromatic nitrogens is 3. The van der Waals surface area contributed by atoms with Crippen LogP contribution in [0.1, 0.15) is 20.9 Å². The van der Waals surface area contributed by atoms with Gasteiger partial charge in [0.2, 0.25) is 5.95 Å². The molecule has 1 amide bonds. The van der Waals surface area contributed by atoms with Crippen LogP contribution in [0.25, 0.3) is 0 Å². The Labute approximate surface area is 155 Å². The summed E-state index contributed by atoms with van der Waals surface area (Å²) in [5.41, 5.74) is 7.47. The number of thiophene rings is 1. The van der Waals surface area contributed by atoms with Crippen molar-refractivity contribution in [3.05, 3.63) is 70.4 Å². The molecule has 3 rings (SSSR count). The average molecular weight is 368 g/mol. The lowest BCUT2D eigenvalue weighted by molar-refractivity contribution is 0.0951. The number of amides is 1. The molecular formula is C18H20N6OS. The second-order valence-electron chi connectivity index (χ2n) is 5.71. The van der Waals surface area contributed by atoms with Crippen molar-refractivity contribution >= 4 is 23.2 Å². The number of carbonyl (C=O) groups excluding carboxylic acids is 1. The van der Waals surface area contributed by atoms with E-state index in [1.165, 1.54) is 11.3 Å². The molecule has 0 aliphatic carbocycles. The summed E-state index contributed by atoms with van der Waals surface area (Å²) in [7, 11) is 0. The Kier molecular flexibility index (Phi) is 6.24. The molecule has 3 aromatic rings. The highest BCUT2D eigenvalue weighted by molar-refractivity contribution is 7.12. The van der Waals surface area contributed by atoms with Gasteiger partial charge in [-0.15, -0.1) is 11.3 Å². The monoisotopic (exact) mass is 368 g/mol. The van der Waals surface area contributed by atoms with Crippen LogP contribution in [-0.2, 0) is 13.1 Å². The van der Waals surface area contributed by atoms with Gasteiger partial charge in [-0.1, -0.05) is 12.1 Å². The zero-order valence-electron chi connectivity index (χ0n) is 14.2. The maximum Gasteiger partial charge on any atom is 0.261 e. The fraction of sp³-hybridized carbons (Fsp3) is 0.222. The summed E-state index contributed by atoms with van der Waals surface area (Å²) in [4.78, 5) is 27.4. The van der Waals surface area contributed by atoms with Crippen molar-refractivity contribution in [2.45, 2.75) is 13.1 Å². The van der Waals surface area contributed by atoms with Gasteiger partial charge in [0, 0.05) is 50.3 Å². The molecule has 3 N–H and O–H groups in total. The predicted molar refractivity (Wildman–Crippen MR) is 101 cm³/mol. The van der Waals surface area contributed by atoms with Crippen LogP contribution >= 0.6 is 11.3 Å². The van der Waals surface area contributed by atoms with E-state index in [0.717, 1.165) is 11.3 Å². The molecule has 3 heterocycles. The zero-order chi connectivity index (χ0) is 18.2. The zero-order valence-corrected chi connectivity index (χ0v) is 15.0. The van der Waals surface area contributed by atoms with E-state index in [1.807, 2.05) is 35.7 Å². The number of nitrogens with zero attached hydrogens (tertiary/aromatic N) is 4. The van der Waals surface area contributed by atoms with E-state index in [1.54, 1.807) is 18.6 Å². The molecule has 0 aliphatic heterocycles. The van der Waals surface area contributed by atoms with Crippen LogP contribution in [0.5, 0.6) is 0 Å². The highest BCUT2D eigenvalue weighted by Gasteiger charge is 2.11. The molecule has 0 unspecified atom stereocenters. The summed E-state index contributed by atoms with van der Waals surface area (Å²) in [5.74, 6) is 0.210. The second kappa shape index (κ2) is 9.02. The van der Waals surface area contributed by atoms with Gasteiger partial charge >= 0.3 is 0 Å². The molecule has 0 aliphatic rings. The van der Waals surface area contributed by atoms with Crippen LogP contribution in [0, 0.1) is 0 Å². The normalized spacial score (nSPS) is 10.8. The molecule has 0 fully saturated rings. The first-order valence-electron chi connectivity index (χ1n) is 8.21. The molecule has 26 heavy (non-hydrogen) atoms. The summed E-state index contributed by atoms with van der Waals surface area (Å²) in [6.07, 6.45) is 5.22. The van der Waals surface area contributed by atoms with Crippen LogP contribution in [0.4, 0.5) is 5.95 Å². The Morgan fingerprint density at radius 2 is 1.96 bits per heavy atom.